The topological polar surface area (TPSA) is 88.4 Å². The van der Waals surface area contributed by atoms with Crippen LogP contribution in [0, 0.1) is 0 Å². The molecule has 0 aliphatic carbocycles. The van der Waals surface area contributed by atoms with Crippen molar-refractivity contribution in [3.8, 4) is 11.1 Å². The Kier molecular flexibility index (Phi) is 8.36. The summed E-state index contributed by atoms with van der Waals surface area (Å²) in [7, 11) is 0. The number of hydrogen-bond acceptors (Lipinski definition) is 7. The van der Waals surface area contributed by atoms with Crippen LogP contribution in [0.4, 0.5) is 11.6 Å². The second kappa shape index (κ2) is 12.3. The molecule has 204 valence electrons. The number of rotatable bonds is 10. The number of nitrogens with zero attached hydrogens (tertiary/aromatic N) is 6. The minimum atomic E-state index is -0.0291. The van der Waals surface area contributed by atoms with Crippen LogP contribution in [0.1, 0.15) is 27.2 Å². The second-order valence-corrected chi connectivity index (χ2v) is 10.1. The molecule has 1 aromatic carbocycles. The first-order valence-corrected chi connectivity index (χ1v) is 13.7. The zero-order chi connectivity index (χ0) is 27.2. The van der Waals surface area contributed by atoms with Gasteiger partial charge < -0.3 is 24.4 Å². The summed E-state index contributed by atoms with van der Waals surface area (Å²) in [6.07, 6.45) is 8.77. The molecule has 0 radical (unpaired) electrons. The summed E-state index contributed by atoms with van der Waals surface area (Å²) in [5.41, 5.74) is 3.98. The number of aromatic nitrogens is 4. The lowest BCUT2D eigenvalue weighted by Crippen LogP contribution is -2.46. The average Bonchev–Trinajstić information content (AvgIpc) is 3.35. The van der Waals surface area contributed by atoms with Gasteiger partial charge in [0.2, 0.25) is 11.9 Å². The average molecular weight is 528 g/mol. The molecule has 0 unspecified atom stereocenters. The van der Waals surface area contributed by atoms with Crippen LogP contribution in [0.3, 0.4) is 0 Å². The van der Waals surface area contributed by atoms with Gasteiger partial charge in [-0.15, -0.1) is 0 Å². The van der Waals surface area contributed by atoms with E-state index in [1.807, 2.05) is 47.4 Å². The molecule has 1 fully saturated rings. The largest absolute Gasteiger partial charge is 0.372 e. The van der Waals surface area contributed by atoms with Crippen molar-refractivity contribution < 1.29 is 9.53 Å². The molecule has 9 heteroatoms. The maximum Gasteiger partial charge on any atom is 0.240 e. The van der Waals surface area contributed by atoms with Crippen molar-refractivity contribution in [1.29, 1.82) is 0 Å². The smallest absolute Gasteiger partial charge is 0.240 e. The van der Waals surface area contributed by atoms with Crippen molar-refractivity contribution >= 4 is 28.6 Å². The van der Waals surface area contributed by atoms with Gasteiger partial charge in [-0.3, -0.25) is 4.79 Å². The SMILES string of the molecule is CCCN(CCNC(=O)Cn1ccc2cccnc21)c1ccccc1-c1cnc(N2C[C@@H](C)O[C@@H](C)C2)nc1. The van der Waals surface area contributed by atoms with Gasteiger partial charge in [0.15, 0.2) is 0 Å². The third-order valence-electron chi connectivity index (χ3n) is 6.93. The Morgan fingerprint density at radius 1 is 1.03 bits per heavy atom. The molecule has 1 amide bonds. The first kappa shape index (κ1) is 26.6. The first-order chi connectivity index (χ1) is 19.0. The summed E-state index contributed by atoms with van der Waals surface area (Å²) in [6.45, 7) is 10.3. The van der Waals surface area contributed by atoms with E-state index in [1.165, 1.54) is 0 Å². The molecule has 1 saturated heterocycles. The van der Waals surface area contributed by atoms with Crippen LogP contribution in [-0.4, -0.2) is 70.4 Å². The van der Waals surface area contributed by atoms with E-state index in [4.69, 9.17) is 14.7 Å². The number of pyridine rings is 1. The van der Waals surface area contributed by atoms with Crippen LogP contribution in [-0.2, 0) is 16.1 Å². The third kappa shape index (κ3) is 6.37. The van der Waals surface area contributed by atoms with Crippen molar-refractivity contribution in [1.82, 2.24) is 24.8 Å². The van der Waals surface area contributed by atoms with E-state index in [2.05, 4.69) is 59.1 Å². The number of fused-ring (bicyclic) bond motifs is 1. The number of benzene rings is 1. The summed E-state index contributed by atoms with van der Waals surface area (Å²) >= 11 is 0. The minimum absolute atomic E-state index is 0.0291. The molecular formula is C30H37N7O2. The summed E-state index contributed by atoms with van der Waals surface area (Å²) in [4.78, 5) is 31.0. The highest BCUT2D eigenvalue weighted by Crippen LogP contribution is 2.31. The monoisotopic (exact) mass is 527 g/mol. The highest BCUT2D eigenvalue weighted by Gasteiger charge is 2.24. The van der Waals surface area contributed by atoms with Crippen molar-refractivity contribution in [3.05, 3.63) is 67.3 Å². The van der Waals surface area contributed by atoms with Crippen LogP contribution < -0.4 is 15.1 Å². The predicted molar refractivity (Wildman–Crippen MR) is 155 cm³/mol. The maximum atomic E-state index is 12.7. The van der Waals surface area contributed by atoms with E-state index in [1.54, 1.807) is 6.20 Å². The number of carbonyl (C=O) groups excluding carboxylic acids is 1. The third-order valence-corrected chi connectivity index (χ3v) is 6.93. The minimum Gasteiger partial charge on any atom is -0.372 e. The van der Waals surface area contributed by atoms with E-state index in [-0.39, 0.29) is 24.7 Å². The number of amides is 1. The molecule has 0 saturated carbocycles. The Morgan fingerprint density at radius 2 is 1.79 bits per heavy atom. The Bertz CT molecular complexity index is 1380. The zero-order valence-corrected chi connectivity index (χ0v) is 23.0. The van der Waals surface area contributed by atoms with Crippen molar-refractivity contribution in [3.63, 3.8) is 0 Å². The number of morpholine rings is 1. The lowest BCUT2D eigenvalue weighted by Gasteiger charge is -2.35. The van der Waals surface area contributed by atoms with Gasteiger partial charge in [-0.25, -0.2) is 15.0 Å². The van der Waals surface area contributed by atoms with Crippen LogP contribution in [0.25, 0.3) is 22.2 Å². The number of ether oxygens (including phenoxy) is 1. The summed E-state index contributed by atoms with van der Waals surface area (Å²) in [5.74, 6) is 0.704. The van der Waals surface area contributed by atoms with E-state index in [0.717, 1.165) is 59.9 Å². The molecule has 1 aliphatic rings. The summed E-state index contributed by atoms with van der Waals surface area (Å²) < 4.78 is 7.73. The van der Waals surface area contributed by atoms with Crippen molar-refractivity contribution in [2.24, 2.45) is 0 Å². The summed E-state index contributed by atoms with van der Waals surface area (Å²) in [5, 5.41) is 4.11. The first-order valence-electron chi connectivity index (χ1n) is 13.7. The highest BCUT2D eigenvalue weighted by molar-refractivity contribution is 5.81. The van der Waals surface area contributed by atoms with Gasteiger partial charge in [-0.1, -0.05) is 25.1 Å². The number of hydrogen-bond donors (Lipinski definition) is 1. The quantitative estimate of drug-likeness (QED) is 0.332. The van der Waals surface area contributed by atoms with Gasteiger partial charge in [0.25, 0.3) is 0 Å². The normalized spacial score (nSPS) is 17.4. The van der Waals surface area contributed by atoms with Gasteiger partial charge in [0.05, 0.1) is 12.2 Å². The molecule has 0 bridgehead atoms. The predicted octanol–water partition coefficient (Wildman–Crippen LogP) is 4.14. The molecule has 0 spiro atoms. The van der Waals surface area contributed by atoms with Gasteiger partial charge in [0.1, 0.15) is 12.2 Å². The van der Waals surface area contributed by atoms with Crippen LogP contribution in [0.2, 0.25) is 0 Å². The van der Waals surface area contributed by atoms with Crippen LogP contribution in [0.15, 0.2) is 67.3 Å². The van der Waals surface area contributed by atoms with Gasteiger partial charge in [-0.2, -0.15) is 0 Å². The Labute approximate surface area is 229 Å². The molecule has 39 heavy (non-hydrogen) atoms. The van der Waals surface area contributed by atoms with E-state index >= 15 is 0 Å². The molecule has 1 N–H and O–H groups in total. The lowest BCUT2D eigenvalue weighted by molar-refractivity contribution is -0.121. The fourth-order valence-electron chi connectivity index (χ4n) is 5.27. The zero-order valence-electron chi connectivity index (χ0n) is 23.0. The van der Waals surface area contributed by atoms with Gasteiger partial charge in [-0.05, 0) is 44.5 Å². The fraction of sp³-hybridized carbons (Fsp3) is 0.400. The number of anilines is 2. The summed E-state index contributed by atoms with van der Waals surface area (Å²) in [6, 6.07) is 14.2. The Balaban J connectivity index is 1.25. The maximum absolute atomic E-state index is 12.7. The van der Waals surface area contributed by atoms with Crippen LogP contribution in [0.5, 0.6) is 0 Å². The molecular weight excluding hydrogens is 490 g/mol. The lowest BCUT2D eigenvalue weighted by atomic mass is 10.1. The van der Waals surface area contributed by atoms with Gasteiger partial charge in [0, 0.05) is 79.7 Å². The molecule has 2 atom stereocenters. The number of carbonyl (C=O) groups is 1. The second-order valence-electron chi connectivity index (χ2n) is 10.1. The molecule has 5 rings (SSSR count). The standard InChI is InChI=1S/C30H37N7O2/c1-4-14-35(16-13-31-28(38)21-36-15-11-24-8-7-12-32-29(24)36)27-10-6-5-9-26(27)25-17-33-30(34-18-25)37-19-22(2)39-23(3)20-37/h5-12,15,17-18,22-23H,4,13-14,16,19-21H2,1-3H3,(H,31,38)/t22-,23+. The van der Waals surface area contributed by atoms with Gasteiger partial charge >= 0.3 is 0 Å². The highest BCUT2D eigenvalue weighted by atomic mass is 16.5. The van der Waals surface area contributed by atoms with E-state index in [9.17, 15) is 4.79 Å². The van der Waals surface area contributed by atoms with Crippen molar-refractivity contribution in [2.45, 2.75) is 45.9 Å². The fourth-order valence-corrected chi connectivity index (χ4v) is 5.27. The Hall–Kier alpha value is -3.98. The number of para-hydroxylation sites is 1. The molecule has 4 heterocycles. The van der Waals surface area contributed by atoms with Crippen LogP contribution >= 0.6 is 0 Å². The Morgan fingerprint density at radius 3 is 2.56 bits per heavy atom. The van der Waals surface area contributed by atoms with Crippen molar-refractivity contribution in [2.75, 3.05) is 42.5 Å². The van der Waals surface area contributed by atoms with E-state index < -0.39 is 0 Å². The molecule has 3 aromatic heterocycles. The molecule has 9 nitrogen and oxygen atoms in total. The van der Waals surface area contributed by atoms with E-state index in [0.29, 0.717) is 13.1 Å². The number of nitrogens with one attached hydrogen (secondary N) is 1. The molecule has 1 aliphatic heterocycles. The molecule has 4 aromatic rings.